The molecule has 1 aliphatic heterocycles. The zero-order valence-electron chi connectivity index (χ0n) is 23.0. The molecule has 1 heterocycles. The van der Waals surface area contributed by atoms with Crippen molar-refractivity contribution >= 4 is 58.3 Å². The molecular weight excluding hydrogens is 600 g/mol. The van der Waals surface area contributed by atoms with E-state index in [0.29, 0.717) is 30.5 Å². The van der Waals surface area contributed by atoms with Gasteiger partial charge in [0.15, 0.2) is 24.2 Å². The third-order valence-corrected chi connectivity index (χ3v) is 7.91. The van der Waals surface area contributed by atoms with Gasteiger partial charge >= 0.3 is 12.1 Å². The van der Waals surface area contributed by atoms with Gasteiger partial charge in [-0.3, -0.25) is 14.4 Å². The van der Waals surface area contributed by atoms with Crippen molar-refractivity contribution in [1.82, 2.24) is 4.90 Å². The number of likely N-dealkylation sites (tertiary alicyclic amines) is 1. The molecule has 9 nitrogen and oxygen atoms in total. The summed E-state index contributed by atoms with van der Waals surface area (Å²) in [4.78, 5) is 64.8. The first kappa shape index (κ1) is 31.5. The lowest BCUT2D eigenvalue weighted by atomic mass is 10.0. The van der Waals surface area contributed by atoms with Crippen molar-refractivity contribution in [3.63, 3.8) is 0 Å². The second-order valence-corrected chi connectivity index (χ2v) is 11.5. The van der Waals surface area contributed by atoms with Crippen molar-refractivity contribution in [2.75, 3.05) is 32.6 Å². The highest BCUT2D eigenvalue weighted by atomic mass is 79.9. The van der Waals surface area contributed by atoms with Crippen LogP contribution in [0.25, 0.3) is 11.1 Å². The van der Waals surface area contributed by atoms with Crippen LogP contribution in [0.5, 0.6) is 0 Å². The van der Waals surface area contributed by atoms with Crippen LogP contribution in [0.4, 0.5) is 4.79 Å². The number of nitrogens with zero attached hydrogens (tertiary/aromatic N) is 2. The average molecular weight is 635 g/mol. The lowest BCUT2D eigenvalue weighted by molar-refractivity contribution is -0.717. The van der Waals surface area contributed by atoms with E-state index in [2.05, 4.69) is 28.7 Å². The summed E-state index contributed by atoms with van der Waals surface area (Å²) in [6.07, 6.45) is 0.297. The van der Waals surface area contributed by atoms with Crippen LogP contribution in [0, 0.1) is 5.92 Å². The van der Waals surface area contributed by atoms with E-state index in [1.54, 1.807) is 50.2 Å². The summed E-state index contributed by atoms with van der Waals surface area (Å²) < 4.78 is 9.57. The number of ether oxygens (including phenoxy) is 2. The number of carbonyl (C=O) groups is 5. The van der Waals surface area contributed by atoms with Gasteiger partial charge in [0, 0.05) is 23.6 Å². The molecule has 0 aromatic heterocycles. The maximum Gasteiger partial charge on any atom is 0.527 e. The summed E-state index contributed by atoms with van der Waals surface area (Å²) in [7, 11) is 2.70. The molecule has 11 heteroatoms. The topological polar surface area (TPSA) is 107 Å². The summed E-state index contributed by atoms with van der Waals surface area (Å²) in [5.74, 6) is -1.72. The first-order valence-corrected chi connectivity index (χ1v) is 14.4. The minimum atomic E-state index is -0.884. The van der Waals surface area contributed by atoms with Gasteiger partial charge in [-0.2, -0.15) is 8.68 Å². The number of methoxy groups -OCH3 is 1. The second-order valence-electron chi connectivity index (χ2n) is 10.1. The predicted octanol–water partition coefficient (Wildman–Crippen LogP) is 4.73. The number of rotatable bonds is 10. The normalized spacial score (nSPS) is 17.2. The number of hydrogen-bond acceptors (Lipinski definition) is 8. The van der Waals surface area contributed by atoms with Gasteiger partial charge in [0.1, 0.15) is 6.04 Å². The van der Waals surface area contributed by atoms with Crippen LogP contribution >= 0.6 is 28.7 Å². The van der Waals surface area contributed by atoms with E-state index >= 15 is 0 Å². The van der Waals surface area contributed by atoms with Crippen molar-refractivity contribution in [1.29, 1.82) is 0 Å². The number of amides is 2. The Balaban J connectivity index is 1.64. The van der Waals surface area contributed by atoms with E-state index in [1.165, 1.54) is 19.1 Å². The molecule has 214 valence electrons. The number of quaternary nitrogens is 1. The number of ketones is 2. The molecule has 0 N–H and O–H groups in total. The van der Waals surface area contributed by atoms with Crippen LogP contribution < -0.4 is 0 Å². The van der Waals surface area contributed by atoms with Crippen LogP contribution in [0.2, 0.25) is 0 Å². The predicted molar refractivity (Wildman–Crippen MR) is 156 cm³/mol. The van der Waals surface area contributed by atoms with Gasteiger partial charge in [-0.05, 0) is 24.0 Å². The van der Waals surface area contributed by atoms with E-state index in [9.17, 15) is 24.0 Å². The van der Waals surface area contributed by atoms with Crippen molar-refractivity contribution in [3.05, 3.63) is 59.7 Å². The number of thiol groups is 1. The number of Topliss-reactive ketones (excluding diaryl/α,β-unsaturated/α-hetero) is 2. The zero-order chi connectivity index (χ0) is 29.6. The van der Waals surface area contributed by atoms with E-state index in [4.69, 9.17) is 9.47 Å². The molecule has 3 unspecified atom stereocenters. The fourth-order valence-electron chi connectivity index (χ4n) is 4.92. The fourth-order valence-corrected chi connectivity index (χ4v) is 5.69. The van der Waals surface area contributed by atoms with E-state index in [-0.39, 0.29) is 22.8 Å². The summed E-state index contributed by atoms with van der Waals surface area (Å²) in [6, 6.07) is 12.3. The van der Waals surface area contributed by atoms with Crippen LogP contribution in [0.1, 0.15) is 47.4 Å². The van der Waals surface area contributed by atoms with Gasteiger partial charge in [-0.25, -0.2) is 4.79 Å². The molecular formula is C29H34BrN2O7S+. The van der Waals surface area contributed by atoms with Gasteiger partial charge in [0.05, 0.1) is 32.3 Å². The fraction of sp³-hybridized carbons (Fsp3) is 0.414. The summed E-state index contributed by atoms with van der Waals surface area (Å²) in [6.45, 7) is 3.46. The molecule has 3 atom stereocenters. The quantitative estimate of drug-likeness (QED) is 0.132. The molecule has 0 bridgehead atoms. The summed E-state index contributed by atoms with van der Waals surface area (Å²) >= 11 is 7.57. The molecule has 2 amide bonds. The van der Waals surface area contributed by atoms with E-state index in [1.807, 2.05) is 12.1 Å². The Bertz CT molecular complexity index is 1260. The molecule has 1 fully saturated rings. The van der Waals surface area contributed by atoms with E-state index < -0.39 is 40.5 Å². The monoisotopic (exact) mass is 633 g/mol. The maximum absolute atomic E-state index is 13.5. The van der Waals surface area contributed by atoms with Crippen molar-refractivity contribution in [3.8, 4) is 11.1 Å². The molecule has 40 heavy (non-hydrogen) atoms. The molecule has 0 spiro atoms. The standard InChI is InChI=1S/C29H34BrN2O7S/c1-18(2)26(32(3,40)29(37)38-4)27(35)31-15-5-6-23(31)28(36)39-17-25(34)22-13-9-20(10-14-22)19-7-11-21(12-8-19)24(33)16-30/h7-14,18,23,26,40H,5-6,15-17H2,1-4H3/q+1. The highest BCUT2D eigenvalue weighted by Crippen LogP contribution is 2.29. The maximum atomic E-state index is 13.5. The molecule has 0 aliphatic carbocycles. The third-order valence-electron chi connectivity index (χ3n) is 6.99. The Morgan fingerprint density at radius 3 is 1.98 bits per heavy atom. The van der Waals surface area contributed by atoms with Crippen LogP contribution in [-0.4, -0.2) is 83.0 Å². The number of likely N-dealkylation sites (N-methyl/N-ethyl adjacent to an activating group) is 1. The molecule has 3 rings (SSSR count). The molecule has 0 saturated carbocycles. The Kier molecular flexibility index (Phi) is 10.7. The number of benzene rings is 2. The largest absolute Gasteiger partial charge is 0.527 e. The van der Waals surface area contributed by atoms with Crippen LogP contribution in [0.3, 0.4) is 0 Å². The van der Waals surface area contributed by atoms with Gasteiger partial charge in [-0.1, -0.05) is 78.3 Å². The zero-order valence-corrected chi connectivity index (χ0v) is 25.4. The average Bonchev–Trinajstić information content (AvgIpc) is 3.45. The Hall–Kier alpha value is -3.02. The third kappa shape index (κ3) is 7.00. The van der Waals surface area contributed by atoms with Crippen LogP contribution in [-0.2, 0) is 19.1 Å². The van der Waals surface area contributed by atoms with Gasteiger partial charge in [0.25, 0.3) is 5.91 Å². The second kappa shape index (κ2) is 13.6. The highest BCUT2D eigenvalue weighted by molar-refractivity contribution is 9.09. The van der Waals surface area contributed by atoms with Crippen molar-refractivity contribution in [2.24, 2.45) is 5.92 Å². The molecule has 0 radical (unpaired) electrons. The Morgan fingerprint density at radius 1 is 0.975 bits per heavy atom. The summed E-state index contributed by atoms with van der Waals surface area (Å²) in [5, 5.41) is 0.255. The van der Waals surface area contributed by atoms with Gasteiger partial charge < -0.3 is 14.4 Å². The highest BCUT2D eigenvalue weighted by Gasteiger charge is 2.50. The smallest absolute Gasteiger partial charge is 0.456 e. The number of halogens is 1. The Labute approximate surface area is 248 Å². The number of hydrogen-bond donors (Lipinski definition) is 1. The SMILES string of the molecule is COC(=O)[N+](C)(S)C(C(=O)N1CCCC1C(=O)OCC(=O)c1ccc(-c2ccc(C(=O)CBr)cc2)cc1)C(C)C. The van der Waals surface area contributed by atoms with Crippen molar-refractivity contribution < 1.29 is 37.3 Å². The molecule has 1 aliphatic rings. The first-order valence-electron chi connectivity index (χ1n) is 12.9. The first-order chi connectivity index (χ1) is 18.9. The van der Waals surface area contributed by atoms with Crippen molar-refractivity contribution in [2.45, 2.75) is 38.8 Å². The Morgan fingerprint density at radius 2 is 1.50 bits per heavy atom. The van der Waals surface area contributed by atoms with Crippen LogP contribution in [0.15, 0.2) is 48.5 Å². The molecule has 1 saturated heterocycles. The van der Waals surface area contributed by atoms with E-state index in [0.717, 1.165) is 11.1 Å². The number of esters is 1. The van der Waals surface area contributed by atoms with Gasteiger partial charge in [-0.15, -0.1) is 0 Å². The number of carbonyl (C=O) groups excluding carboxylic acids is 5. The summed E-state index contributed by atoms with van der Waals surface area (Å²) in [5.41, 5.74) is 2.75. The lowest BCUT2D eigenvalue weighted by Gasteiger charge is -2.36. The minimum Gasteiger partial charge on any atom is -0.456 e. The molecule has 2 aromatic rings. The van der Waals surface area contributed by atoms with Gasteiger partial charge in [0.2, 0.25) is 0 Å². The lowest BCUT2D eigenvalue weighted by Crippen LogP contribution is -2.60. The molecule has 2 aromatic carbocycles. The number of alkyl halides is 1. The minimum absolute atomic E-state index is 0.00702.